The molecule has 2 saturated heterocycles. The molecule has 0 spiro atoms. The van der Waals surface area contributed by atoms with Crippen LogP contribution in [0.15, 0.2) is 29.3 Å². The Morgan fingerprint density at radius 2 is 1.86 bits per heavy atom. The molecule has 4 rings (SSSR count). The number of likely N-dealkylation sites (tertiary alicyclic amines) is 2. The van der Waals surface area contributed by atoms with Crippen LogP contribution >= 0.6 is 24.0 Å². The average Bonchev–Trinajstić information content (AvgIpc) is 3.31. The molecule has 6 heteroatoms. The van der Waals surface area contributed by atoms with Gasteiger partial charge in [0.15, 0.2) is 5.96 Å². The molecule has 1 aliphatic carbocycles. The van der Waals surface area contributed by atoms with Crippen LogP contribution in [0.5, 0.6) is 0 Å². The quantitative estimate of drug-likeness (QED) is 0.370. The van der Waals surface area contributed by atoms with Gasteiger partial charge in [-0.1, -0.05) is 37.1 Å². The lowest BCUT2D eigenvalue weighted by atomic mass is 9.82. The maximum absolute atomic E-state index is 11.9. The molecule has 1 N–H and O–H groups in total. The number of rotatable bonds is 5. The number of nitrogens with one attached hydrogen (secondary N) is 1. The number of aliphatic imine (C=N–C) groups is 1. The summed E-state index contributed by atoms with van der Waals surface area (Å²) in [5, 5.41) is 3.51. The standard InChI is InChI=1S/C23H34N4O.HI/c1-2-24-23(27-16-20-9-3-4-10-21(20)17-27)25-14-18-7-5-8-19(13-18)15-26-12-6-11-22(26)28;/h5,7-8,13,20-21H,2-4,6,9-12,14-17H2,1H3,(H,24,25);1H. The topological polar surface area (TPSA) is 47.9 Å². The van der Waals surface area contributed by atoms with E-state index in [-0.39, 0.29) is 29.9 Å². The van der Waals surface area contributed by atoms with E-state index in [4.69, 9.17) is 4.99 Å². The first-order chi connectivity index (χ1) is 13.7. The molecule has 0 bridgehead atoms. The van der Waals surface area contributed by atoms with E-state index in [9.17, 15) is 4.79 Å². The van der Waals surface area contributed by atoms with E-state index in [1.165, 1.54) is 36.8 Å². The molecule has 1 saturated carbocycles. The van der Waals surface area contributed by atoms with Gasteiger partial charge in [0.2, 0.25) is 5.91 Å². The van der Waals surface area contributed by atoms with Crippen LogP contribution in [-0.4, -0.2) is 47.8 Å². The normalized spacial score (nSPS) is 24.4. The van der Waals surface area contributed by atoms with Gasteiger partial charge in [0.1, 0.15) is 0 Å². The van der Waals surface area contributed by atoms with Gasteiger partial charge in [0.25, 0.3) is 0 Å². The van der Waals surface area contributed by atoms with Crippen molar-refractivity contribution in [2.24, 2.45) is 16.8 Å². The summed E-state index contributed by atoms with van der Waals surface area (Å²) in [6, 6.07) is 8.57. The molecule has 2 heterocycles. The van der Waals surface area contributed by atoms with Crippen molar-refractivity contribution in [2.45, 2.75) is 58.5 Å². The van der Waals surface area contributed by atoms with Gasteiger partial charge in [0.05, 0.1) is 6.54 Å². The van der Waals surface area contributed by atoms with Gasteiger partial charge in [-0.15, -0.1) is 24.0 Å². The summed E-state index contributed by atoms with van der Waals surface area (Å²) in [5.74, 6) is 3.07. The third kappa shape index (κ3) is 5.64. The highest BCUT2D eigenvalue weighted by atomic mass is 127. The molecule has 0 aromatic heterocycles. The minimum Gasteiger partial charge on any atom is -0.357 e. The molecule has 2 unspecified atom stereocenters. The van der Waals surface area contributed by atoms with E-state index in [0.717, 1.165) is 56.9 Å². The molecule has 5 nitrogen and oxygen atoms in total. The van der Waals surface area contributed by atoms with Gasteiger partial charge in [-0.25, -0.2) is 4.99 Å². The molecule has 160 valence electrons. The molecular weight excluding hydrogens is 475 g/mol. The van der Waals surface area contributed by atoms with Gasteiger partial charge in [-0.05, 0) is 49.1 Å². The Morgan fingerprint density at radius 3 is 2.52 bits per heavy atom. The summed E-state index contributed by atoms with van der Waals surface area (Å²) in [6.45, 7) is 7.68. The fourth-order valence-corrected chi connectivity index (χ4v) is 5.09. The number of guanidine groups is 1. The van der Waals surface area contributed by atoms with Crippen molar-refractivity contribution in [1.29, 1.82) is 0 Å². The van der Waals surface area contributed by atoms with Crippen LogP contribution in [0.3, 0.4) is 0 Å². The smallest absolute Gasteiger partial charge is 0.222 e. The van der Waals surface area contributed by atoms with Gasteiger partial charge in [0, 0.05) is 39.1 Å². The average molecular weight is 510 g/mol. The third-order valence-corrected chi connectivity index (χ3v) is 6.56. The van der Waals surface area contributed by atoms with E-state index in [1.54, 1.807) is 0 Å². The first-order valence-corrected chi connectivity index (χ1v) is 11.1. The number of carbonyl (C=O) groups is 1. The number of nitrogens with zero attached hydrogens (tertiary/aromatic N) is 3. The Kier molecular flexibility index (Phi) is 8.21. The van der Waals surface area contributed by atoms with Crippen LogP contribution in [0.2, 0.25) is 0 Å². The molecule has 3 fully saturated rings. The van der Waals surface area contributed by atoms with E-state index in [1.807, 2.05) is 4.90 Å². The van der Waals surface area contributed by atoms with Crippen molar-refractivity contribution in [1.82, 2.24) is 15.1 Å². The van der Waals surface area contributed by atoms with Crippen LogP contribution in [0.25, 0.3) is 0 Å². The van der Waals surface area contributed by atoms with Gasteiger partial charge in [-0.3, -0.25) is 4.79 Å². The van der Waals surface area contributed by atoms with Gasteiger partial charge in [-0.2, -0.15) is 0 Å². The highest BCUT2D eigenvalue weighted by Gasteiger charge is 2.35. The predicted octanol–water partition coefficient (Wildman–Crippen LogP) is 4.01. The summed E-state index contributed by atoms with van der Waals surface area (Å²) in [6.07, 6.45) is 7.26. The maximum Gasteiger partial charge on any atom is 0.222 e. The van der Waals surface area contributed by atoms with Gasteiger partial charge < -0.3 is 15.1 Å². The summed E-state index contributed by atoms with van der Waals surface area (Å²) < 4.78 is 0. The van der Waals surface area contributed by atoms with E-state index >= 15 is 0 Å². The van der Waals surface area contributed by atoms with E-state index in [0.29, 0.717) is 13.0 Å². The SMILES string of the molecule is CCNC(=NCc1cccc(CN2CCCC2=O)c1)N1CC2CCCCC2C1.I. The molecule has 1 aromatic carbocycles. The zero-order valence-electron chi connectivity index (χ0n) is 17.6. The Labute approximate surface area is 192 Å². The lowest BCUT2D eigenvalue weighted by Crippen LogP contribution is -2.40. The maximum atomic E-state index is 11.9. The largest absolute Gasteiger partial charge is 0.357 e. The van der Waals surface area contributed by atoms with E-state index < -0.39 is 0 Å². The van der Waals surface area contributed by atoms with Crippen molar-refractivity contribution >= 4 is 35.8 Å². The second-order valence-corrected chi connectivity index (χ2v) is 8.62. The van der Waals surface area contributed by atoms with Crippen molar-refractivity contribution in [3.8, 4) is 0 Å². The zero-order valence-corrected chi connectivity index (χ0v) is 19.9. The molecule has 2 aliphatic heterocycles. The molecule has 3 aliphatic rings. The molecule has 29 heavy (non-hydrogen) atoms. The summed E-state index contributed by atoms with van der Waals surface area (Å²) in [7, 11) is 0. The molecule has 1 amide bonds. The third-order valence-electron chi connectivity index (χ3n) is 6.56. The molecular formula is C23H35IN4O. The monoisotopic (exact) mass is 510 g/mol. The van der Waals surface area contributed by atoms with Crippen LogP contribution in [0.1, 0.15) is 56.6 Å². The Bertz CT molecular complexity index is 709. The molecule has 0 radical (unpaired) electrons. The first-order valence-electron chi connectivity index (χ1n) is 11.1. The lowest BCUT2D eigenvalue weighted by molar-refractivity contribution is -0.128. The van der Waals surface area contributed by atoms with E-state index in [2.05, 4.69) is 41.4 Å². The minimum absolute atomic E-state index is 0. The highest BCUT2D eigenvalue weighted by molar-refractivity contribution is 14.0. The molecule has 1 aromatic rings. The van der Waals surface area contributed by atoms with Gasteiger partial charge >= 0.3 is 0 Å². The lowest BCUT2D eigenvalue weighted by Gasteiger charge is -2.22. The van der Waals surface area contributed by atoms with Crippen LogP contribution in [0, 0.1) is 11.8 Å². The first kappa shape index (κ1) is 22.4. The summed E-state index contributed by atoms with van der Waals surface area (Å²) in [5.41, 5.74) is 2.43. The van der Waals surface area contributed by atoms with Crippen molar-refractivity contribution in [3.05, 3.63) is 35.4 Å². The Balaban J connectivity index is 0.00000240. The number of amides is 1. The van der Waals surface area contributed by atoms with Crippen molar-refractivity contribution in [3.63, 3.8) is 0 Å². The number of benzene rings is 1. The fraction of sp³-hybridized carbons (Fsp3) is 0.652. The Morgan fingerprint density at radius 1 is 1.14 bits per heavy atom. The second kappa shape index (κ2) is 10.6. The van der Waals surface area contributed by atoms with Crippen LogP contribution in [-0.2, 0) is 17.9 Å². The summed E-state index contributed by atoms with van der Waals surface area (Å²) >= 11 is 0. The van der Waals surface area contributed by atoms with Crippen molar-refractivity contribution in [2.75, 3.05) is 26.2 Å². The minimum atomic E-state index is 0. The number of hydrogen-bond acceptors (Lipinski definition) is 2. The summed E-state index contributed by atoms with van der Waals surface area (Å²) in [4.78, 5) is 21.3. The molecule has 2 atom stereocenters. The highest BCUT2D eigenvalue weighted by Crippen LogP contribution is 2.36. The van der Waals surface area contributed by atoms with Crippen molar-refractivity contribution < 1.29 is 4.79 Å². The number of halogens is 1. The van der Waals surface area contributed by atoms with Crippen LogP contribution in [0.4, 0.5) is 0 Å². The zero-order chi connectivity index (χ0) is 19.3. The number of fused-ring (bicyclic) bond motifs is 1. The Hall–Kier alpha value is -1.31. The second-order valence-electron chi connectivity index (χ2n) is 8.62. The predicted molar refractivity (Wildman–Crippen MR) is 128 cm³/mol. The van der Waals surface area contributed by atoms with Crippen LogP contribution < -0.4 is 5.32 Å². The number of hydrogen-bond donors (Lipinski definition) is 1. The number of carbonyl (C=O) groups excluding carboxylic acids is 1. The fourth-order valence-electron chi connectivity index (χ4n) is 5.09.